The first-order valence-electron chi connectivity index (χ1n) is 7.49. The van der Waals surface area contributed by atoms with E-state index in [-0.39, 0.29) is 11.8 Å². The highest BCUT2D eigenvalue weighted by Gasteiger charge is 2.52. The lowest BCUT2D eigenvalue weighted by atomic mass is 9.49. The molecule has 1 aromatic heterocycles. The number of carbonyl (C=O) groups is 1. The number of nitrogens with zero attached hydrogens (tertiary/aromatic N) is 1. The van der Waals surface area contributed by atoms with Gasteiger partial charge in [-0.05, 0) is 56.3 Å². The molecular formula is C15H19ClN2OS. The first kappa shape index (κ1) is 13.1. The fraction of sp³-hybridized carbons (Fsp3) is 0.733. The molecule has 0 aliphatic heterocycles. The van der Waals surface area contributed by atoms with E-state index in [1.165, 1.54) is 44.2 Å². The van der Waals surface area contributed by atoms with Gasteiger partial charge >= 0.3 is 0 Å². The van der Waals surface area contributed by atoms with Crippen molar-refractivity contribution in [1.29, 1.82) is 0 Å². The van der Waals surface area contributed by atoms with Gasteiger partial charge in [-0.15, -0.1) is 22.9 Å². The fourth-order valence-electron chi connectivity index (χ4n) is 5.15. The predicted octanol–water partition coefficient (Wildman–Crippen LogP) is 3.79. The molecule has 5 rings (SSSR count). The molecule has 4 saturated carbocycles. The van der Waals surface area contributed by atoms with E-state index < -0.39 is 0 Å². The highest BCUT2D eigenvalue weighted by Crippen LogP contribution is 2.60. The number of rotatable bonds is 3. The van der Waals surface area contributed by atoms with E-state index in [1.807, 2.05) is 0 Å². The second kappa shape index (κ2) is 4.70. The molecular weight excluding hydrogens is 292 g/mol. The molecule has 4 aliphatic rings. The highest BCUT2D eigenvalue weighted by atomic mass is 35.5. The minimum Gasteiger partial charge on any atom is -0.301 e. The average molecular weight is 311 g/mol. The molecule has 20 heavy (non-hydrogen) atoms. The van der Waals surface area contributed by atoms with Crippen molar-refractivity contribution in [1.82, 2.24) is 4.98 Å². The molecule has 0 saturated heterocycles. The van der Waals surface area contributed by atoms with Gasteiger partial charge in [0, 0.05) is 10.8 Å². The molecule has 5 heteroatoms. The number of amides is 1. The summed E-state index contributed by atoms with van der Waals surface area (Å²) in [6.45, 7) is 0. The Hall–Kier alpha value is -0.610. The molecule has 0 spiro atoms. The summed E-state index contributed by atoms with van der Waals surface area (Å²) in [5.41, 5.74) is 1.54. The van der Waals surface area contributed by atoms with Gasteiger partial charge in [-0.3, -0.25) is 4.79 Å². The monoisotopic (exact) mass is 310 g/mol. The van der Waals surface area contributed by atoms with Crippen molar-refractivity contribution in [3.05, 3.63) is 11.1 Å². The fourth-order valence-corrected chi connectivity index (χ4v) is 6.07. The quantitative estimate of drug-likeness (QED) is 0.863. The predicted molar refractivity (Wildman–Crippen MR) is 81.3 cm³/mol. The molecule has 1 aromatic rings. The second-order valence-electron chi connectivity index (χ2n) is 6.92. The summed E-state index contributed by atoms with van der Waals surface area (Å²) in [7, 11) is 0. The first-order chi connectivity index (χ1) is 9.67. The van der Waals surface area contributed by atoms with Gasteiger partial charge in [0.2, 0.25) is 5.91 Å². The van der Waals surface area contributed by atoms with E-state index in [9.17, 15) is 4.79 Å². The van der Waals surface area contributed by atoms with Gasteiger partial charge in [-0.25, -0.2) is 4.98 Å². The molecule has 0 radical (unpaired) electrons. The van der Waals surface area contributed by atoms with E-state index in [4.69, 9.17) is 16.6 Å². The standard InChI is InChI=1S/C15H19ClN2OS/c16-7-13(19)18-14-17-12(8-20-14)15-4-9-1-10(5-15)3-11(2-9)6-15/h8-11H,1-7H2,(H,17,18,19). The third kappa shape index (κ3) is 2.08. The average Bonchev–Trinajstić information content (AvgIpc) is 2.86. The molecule has 4 fully saturated rings. The van der Waals surface area contributed by atoms with Crippen molar-refractivity contribution in [2.75, 3.05) is 11.2 Å². The van der Waals surface area contributed by atoms with Crippen molar-refractivity contribution in [3.63, 3.8) is 0 Å². The summed E-state index contributed by atoms with van der Waals surface area (Å²) < 4.78 is 0. The minimum absolute atomic E-state index is 0.00766. The molecule has 1 N–H and O–H groups in total. The molecule has 1 amide bonds. The van der Waals surface area contributed by atoms with Crippen LogP contribution >= 0.6 is 22.9 Å². The van der Waals surface area contributed by atoms with Crippen molar-refractivity contribution in [2.45, 2.75) is 43.9 Å². The Kier molecular flexibility index (Phi) is 3.08. The number of hydrogen-bond donors (Lipinski definition) is 1. The van der Waals surface area contributed by atoms with E-state index >= 15 is 0 Å². The lowest BCUT2D eigenvalue weighted by molar-refractivity contribution is -0.113. The lowest BCUT2D eigenvalue weighted by Crippen LogP contribution is -2.48. The number of carbonyl (C=O) groups excluding carboxylic acids is 1. The van der Waals surface area contributed by atoms with Crippen LogP contribution in [0.3, 0.4) is 0 Å². The van der Waals surface area contributed by atoms with Crippen LogP contribution < -0.4 is 5.32 Å². The number of thiazole rings is 1. The van der Waals surface area contributed by atoms with Gasteiger partial charge in [-0.1, -0.05) is 0 Å². The van der Waals surface area contributed by atoms with Crippen molar-refractivity contribution in [2.24, 2.45) is 17.8 Å². The maximum Gasteiger partial charge on any atom is 0.241 e. The van der Waals surface area contributed by atoms with E-state index in [0.717, 1.165) is 17.8 Å². The molecule has 0 aromatic carbocycles. The zero-order valence-corrected chi connectivity index (χ0v) is 13.0. The Morgan fingerprint density at radius 2 is 1.90 bits per heavy atom. The summed E-state index contributed by atoms with van der Waals surface area (Å²) >= 11 is 7.07. The van der Waals surface area contributed by atoms with Gasteiger partial charge in [0.15, 0.2) is 5.13 Å². The Balaban J connectivity index is 1.59. The van der Waals surface area contributed by atoms with E-state index in [1.54, 1.807) is 11.3 Å². The summed E-state index contributed by atoms with van der Waals surface area (Å²) in [5.74, 6) is 2.58. The van der Waals surface area contributed by atoms with E-state index in [2.05, 4.69) is 10.7 Å². The topological polar surface area (TPSA) is 42.0 Å². The van der Waals surface area contributed by atoms with Gasteiger partial charge in [0.05, 0.1) is 5.69 Å². The Bertz CT molecular complexity index is 506. The number of hydrogen-bond acceptors (Lipinski definition) is 3. The zero-order chi connectivity index (χ0) is 13.7. The number of nitrogens with one attached hydrogen (secondary N) is 1. The van der Waals surface area contributed by atoms with Crippen molar-refractivity contribution in [3.8, 4) is 0 Å². The summed E-state index contributed by atoms with van der Waals surface area (Å²) in [4.78, 5) is 16.1. The maximum atomic E-state index is 11.4. The first-order valence-corrected chi connectivity index (χ1v) is 8.90. The van der Waals surface area contributed by atoms with Crippen LogP contribution in [-0.2, 0) is 10.2 Å². The number of alkyl halides is 1. The van der Waals surface area contributed by atoms with Crippen LogP contribution in [0.4, 0.5) is 5.13 Å². The number of aromatic nitrogens is 1. The summed E-state index contributed by atoms with van der Waals surface area (Å²) in [6.07, 6.45) is 8.26. The molecule has 4 aliphatic carbocycles. The number of halogens is 1. The van der Waals surface area contributed by atoms with Crippen molar-refractivity contribution >= 4 is 34.0 Å². The molecule has 0 atom stereocenters. The van der Waals surface area contributed by atoms with Crippen LogP contribution in [0.2, 0.25) is 0 Å². The van der Waals surface area contributed by atoms with Crippen LogP contribution in [0, 0.1) is 17.8 Å². The SMILES string of the molecule is O=C(CCl)Nc1nc(C23CC4CC(CC(C4)C2)C3)cs1. The third-order valence-corrected chi connectivity index (χ3v) is 6.45. The van der Waals surface area contributed by atoms with Crippen LogP contribution in [0.1, 0.15) is 44.2 Å². The molecule has 108 valence electrons. The van der Waals surface area contributed by atoms with Gasteiger partial charge < -0.3 is 5.32 Å². The molecule has 0 unspecified atom stereocenters. The Labute approximate surface area is 128 Å². The Morgan fingerprint density at radius 3 is 2.45 bits per heavy atom. The molecule has 4 bridgehead atoms. The third-order valence-electron chi connectivity index (χ3n) is 5.45. The maximum absolute atomic E-state index is 11.4. The summed E-state index contributed by atoms with van der Waals surface area (Å²) in [5, 5.41) is 5.65. The molecule has 3 nitrogen and oxygen atoms in total. The van der Waals surface area contributed by atoms with Crippen LogP contribution in [0.15, 0.2) is 5.38 Å². The van der Waals surface area contributed by atoms with E-state index in [0.29, 0.717) is 10.5 Å². The minimum atomic E-state index is -0.168. The smallest absolute Gasteiger partial charge is 0.241 e. The van der Waals surface area contributed by atoms with Crippen LogP contribution in [0.25, 0.3) is 0 Å². The lowest BCUT2D eigenvalue weighted by Gasteiger charge is -2.56. The largest absolute Gasteiger partial charge is 0.301 e. The van der Waals surface area contributed by atoms with Crippen LogP contribution in [0.5, 0.6) is 0 Å². The molecule has 1 heterocycles. The van der Waals surface area contributed by atoms with Gasteiger partial charge in [0.25, 0.3) is 0 Å². The highest BCUT2D eigenvalue weighted by molar-refractivity contribution is 7.14. The van der Waals surface area contributed by atoms with Gasteiger partial charge in [0.1, 0.15) is 5.88 Å². The second-order valence-corrected chi connectivity index (χ2v) is 8.04. The number of anilines is 1. The van der Waals surface area contributed by atoms with Crippen molar-refractivity contribution < 1.29 is 4.79 Å². The Morgan fingerprint density at radius 1 is 1.30 bits per heavy atom. The normalized spacial score (nSPS) is 38.1. The van der Waals surface area contributed by atoms with Gasteiger partial charge in [-0.2, -0.15) is 0 Å². The van der Waals surface area contributed by atoms with Crippen LogP contribution in [-0.4, -0.2) is 16.8 Å². The summed E-state index contributed by atoms with van der Waals surface area (Å²) in [6, 6.07) is 0. The zero-order valence-electron chi connectivity index (χ0n) is 11.4.